The molecule has 11 heavy (non-hydrogen) atoms. The monoisotopic (exact) mass is 233 g/mol. The minimum atomic E-state index is 0.717. The molecule has 0 bridgehead atoms. The Morgan fingerprint density at radius 3 is 3.00 bits per heavy atom. The molecular weight excluding hydrogens is 225 g/mol. The summed E-state index contributed by atoms with van der Waals surface area (Å²) >= 11 is 8.99. The summed E-state index contributed by atoms with van der Waals surface area (Å²) in [7, 11) is 0. The molecule has 0 N–H and O–H groups in total. The van der Waals surface area contributed by atoms with E-state index in [2.05, 4.69) is 20.9 Å². The number of rotatable bonds is 3. The van der Waals surface area contributed by atoms with Gasteiger partial charge in [0, 0.05) is 22.7 Å². The van der Waals surface area contributed by atoms with E-state index >= 15 is 0 Å². The second-order valence-corrected chi connectivity index (χ2v) is 3.49. The zero-order valence-electron chi connectivity index (χ0n) is 6.06. The first kappa shape index (κ1) is 9.01. The smallest absolute Gasteiger partial charge is 0.0412 e. The van der Waals surface area contributed by atoms with E-state index in [1.807, 2.05) is 12.3 Å². The van der Waals surface area contributed by atoms with Crippen molar-refractivity contribution >= 4 is 27.5 Å². The minimum absolute atomic E-state index is 0.717. The molecule has 0 fully saturated rings. The number of aryl methyl sites for hydroxylation is 1. The normalized spacial score (nSPS) is 10.0. The van der Waals surface area contributed by atoms with Crippen LogP contribution < -0.4 is 0 Å². The molecule has 0 saturated heterocycles. The minimum Gasteiger partial charge on any atom is -0.264 e. The van der Waals surface area contributed by atoms with Crippen molar-refractivity contribution in [2.75, 3.05) is 5.88 Å². The quantitative estimate of drug-likeness (QED) is 0.733. The summed E-state index contributed by atoms with van der Waals surface area (Å²) in [6, 6.07) is 2.01. The molecule has 0 amide bonds. The highest BCUT2D eigenvalue weighted by Crippen LogP contribution is 2.15. The van der Waals surface area contributed by atoms with Crippen molar-refractivity contribution in [2.45, 2.75) is 12.8 Å². The molecule has 0 unspecified atom stereocenters. The van der Waals surface area contributed by atoms with Crippen molar-refractivity contribution in [1.82, 2.24) is 4.98 Å². The third-order valence-electron chi connectivity index (χ3n) is 1.44. The average molecular weight is 235 g/mol. The summed E-state index contributed by atoms with van der Waals surface area (Å²) in [5.41, 5.74) is 1.28. The van der Waals surface area contributed by atoms with Gasteiger partial charge in [0.1, 0.15) is 0 Å². The second kappa shape index (κ2) is 4.73. The maximum atomic E-state index is 5.57. The van der Waals surface area contributed by atoms with Gasteiger partial charge in [-0.3, -0.25) is 4.98 Å². The molecule has 1 aromatic rings. The third kappa shape index (κ3) is 2.80. The predicted molar refractivity (Wildman–Crippen MR) is 51.0 cm³/mol. The van der Waals surface area contributed by atoms with Crippen LogP contribution in [0.25, 0.3) is 0 Å². The summed E-state index contributed by atoms with van der Waals surface area (Å²) in [5, 5.41) is 0. The zero-order valence-corrected chi connectivity index (χ0v) is 8.40. The van der Waals surface area contributed by atoms with Crippen LogP contribution in [-0.2, 0) is 6.42 Å². The van der Waals surface area contributed by atoms with Gasteiger partial charge in [0.15, 0.2) is 0 Å². The molecule has 1 aromatic heterocycles. The fourth-order valence-corrected chi connectivity index (χ4v) is 1.45. The van der Waals surface area contributed by atoms with Gasteiger partial charge in [0.2, 0.25) is 0 Å². The molecular formula is C8H9BrClN. The Labute approximate surface area is 79.9 Å². The van der Waals surface area contributed by atoms with Gasteiger partial charge < -0.3 is 0 Å². The molecule has 3 heteroatoms. The molecule has 0 saturated carbocycles. The number of alkyl halides is 1. The van der Waals surface area contributed by atoms with Crippen LogP contribution in [0.15, 0.2) is 22.9 Å². The van der Waals surface area contributed by atoms with Gasteiger partial charge in [-0.2, -0.15) is 0 Å². The fourth-order valence-electron chi connectivity index (χ4n) is 0.864. The van der Waals surface area contributed by atoms with Crippen molar-refractivity contribution in [3.05, 3.63) is 28.5 Å². The van der Waals surface area contributed by atoms with Gasteiger partial charge in [0.05, 0.1) is 0 Å². The lowest BCUT2D eigenvalue weighted by Crippen LogP contribution is -1.88. The van der Waals surface area contributed by atoms with E-state index in [1.165, 1.54) is 5.56 Å². The maximum Gasteiger partial charge on any atom is 0.0412 e. The molecule has 0 spiro atoms. The first-order valence-electron chi connectivity index (χ1n) is 3.49. The number of aromatic nitrogens is 1. The fraction of sp³-hybridized carbons (Fsp3) is 0.375. The number of hydrogen-bond donors (Lipinski definition) is 0. The Hall–Kier alpha value is -0.0800. The van der Waals surface area contributed by atoms with Crippen molar-refractivity contribution in [1.29, 1.82) is 0 Å². The lowest BCUT2D eigenvalue weighted by molar-refractivity contribution is 0.919. The lowest BCUT2D eigenvalue weighted by atomic mass is 10.2. The lowest BCUT2D eigenvalue weighted by Gasteiger charge is -2.00. The molecule has 0 aliphatic carbocycles. The van der Waals surface area contributed by atoms with Gasteiger partial charge in [-0.25, -0.2) is 0 Å². The predicted octanol–water partition coefficient (Wildman–Crippen LogP) is 3.02. The van der Waals surface area contributed by atoms with Crippen molar-refractivity contribution < 1.29 is 0 Å². The van der Waals surface area contributed by atoms with E-state index in [0.717, 1.165) is 23.2 Å². The Balaban J connectivity index is 2.62. The number of halogens is 2. The highest BCUT2D eigenvalue weighted by Gasteiger charge is 1.96. The largest absolute Gasteiger partial charge is 0.264 e. The standard InChI is InChI=1S/C8H9BrClN/c9-8-6-11-5-3-7(8)2-1-4-10/h3,5-6H,1-2,4H2. The molecule has 0 radical (unpaired) electrons. The summed E-state index contributed by atoms with van der Waals surface area (Å²) < 4.78 is 1.07. The average Bonchev–Trinajstić information content (AvgIpc) is 2.03. The Morgan fingerprint density at radius 1 is 1.55 bits per heavy atom. The van der Waals surface area contributed by atoms with Crippen LogP contribution in [0.3, 0.4) is 0 Å². The maximum absolute atomic E-state index is 5.57. The number of nitrogens with zero attached hydrogens (tertiary/aromatic N) is 1. The first-order chi connectivity index (χ1) is 5.34. The third-order valence-corrected chi connectivity index (χ3v) is 2.42. The van der Waals surface area contributed by atoms with E-state index in [1.54, 1.807) is 6.20 Å². The van der Waals surface area contributed by atoms with Crippen LogP contribution in [0.4, 0.5) is 0 Å². The molecule has 1 heterocycles. The molecule has 1 rings (SSSR count). The Morgan fingerprint density at radius 2 is 2.36 bits per heavy atom. The highest BCUT2D eigenvalue weighted by molar-refractivity contribution is 9.10. The number of pyridine rings is 1. The van der Waals surface area contributed by atoms with Crippen LogP contribution in [0.1, 0.15) is 12.0 Å². The van der Waals surface area contributed by atoms with Gasteiger partial charge in [-0.15, -0.1) is 11.6 Å². The van der Waals surface area contributed by atoms with Gasteiger partial charge in [-0.05, 0) is 40.4 Å². The highest BCUT2D eigenvalue weighted by atomic mass is 79.9. The first-order valence-corrected chi connectivity index (χ1v) is 4.81. The topological polar surface area (TPSA) is 12.9 Å². The molecule has 0 atom stereocenters. The number of hydrogen-bond acceptors (Lipinski definition) is 1. The van der Waals surface area contributed by atoms with Crippen LogP contribution in [0, 0.1) is 0 Å². The van der Waals surface area contributed by atoms with Crippen LogP contribution in [-0.4, -0.2) is 10.9 Å². The van der Waals surface area contributed by atoms with E-state index in [0.29, 0.717) is 0 Å². The SMILES string of the molecule is ClCCCc1ccncc1Br. The zero-order chi connectivity index (χ0) is 8.10. The second-order valence-electron chi connectivity index (χ2n) is 2.26. The summed E-state index contributed by atoms with van der Waals surface area (Å²) in [6.45, 7) is 0. The summed E-state index contributed by atoms with van der Waals surface area (Å²) in [5.74, 6) is 0.717. The Kier molecular flexibility index (Phi) is 3.87. The molecule has 0 aliphatic rings. The van der Waals surface area contributed by atoms with Crippen LogP contribution in [0.5, 0.6) is 0 Å². The summed E-state index contributed by atoms with van der Waals surface area (Å²) in [4.78, 5) is 3.97. The molecule has 60 valence electrons. The molecule has 0 aliphatic heterocycles. The van der Waals surface area contributed by atoms with E-state index in [4.69, 9.17) is 11.6 Å². The van der Waals surface area contributed by atoms with Gasteiger partial charge in [0.25, 0.3) is 0 Å². The van der Waals surface area contributed by atoms with Crippen molar-refractivity contribution in [3.63, 3.8) is 0 Å². The van der Waals surface area contributed by atoms with Crippen LogP contribution in [0.2, 0.25) is 0 Å². The van der Waals surface area contributed by atoms with Crippen molar-refractivity contribution in [3.8, 4) is 0 Å². The van der Waals surface area contributed by atoms with Crippen LogP contribution >= 0.6 is 27.5 Å². The molecule has 0 aromatic carbocycles. The van der Waals surface area contributed by atoms with Crippen molar-refractivity contribution in [2.24, 2.45) is 0 Å². The summed E-state index contributed by atoms with van der Waals surface area (Å²) in [6.07, 6.45) is 5.65. The Bertz CT molecular complexity index is 227. The van der Waals surface area contributed by atoms with E-state index < -0.39 is 0 Å². The molecule has 1 nitrogen and oxygen atoms in total. The van der Waals surface area contributed by atoms with E-state index in [-0.39, 0.29) is 0 Å². The van der Waals surface area contributed by atoms with Gasteiger partial charge >= 0.3 is 0 Å². The van der Waals surface area contributed by atoms with E-state index in [9.17, 15) is 0 Å². The van der Waals surface area contributed by atoms with Gasteiger partial charge in [-0.1, -0.05) is 0 Å².